The molecular weight excluding hydrogens is 272 g/mol. The summed E-state index contributed by atoms with van der Waals surface area (Å²) in [5.74, 6) is -2.27. The third kappa shape index (κ3) is 3.81. The fourth-order valence-electron chi connectivity index (χ4n) is 2.58. The summed E-state index contributed by atoms with van der Waals surface area (Å²) in [7, 11) is 0. The second-order valence-corrected chi connectivity index (χ2v) is 5.28. The van der Waals surface area contributed by atoms with Crippen molar-refractivity contribution < 1.29 is 19.5 Å². The smallest absolute Gasteiger partial charge is 0.326 e. The lowest BCUT2D eigenvalue weighted by molar-refractivity contribution is -0.142. The van der Waals surface area contributed by atoms with Gasteiger partial charge in [0.1, 0.15) is 6.04 Å². The first kappa shape index (κ1) is 15.0. The summed E-state index contributed by atoms with van der Waals surface area (Å²) in [4.78, 5) is 34.0. The lowest BCUT2D eigenvalue weighted by Crippen LogP contribution is -2.44. The van der Waals surface area contributed by atoms with Gasteiger partial charge in [0.2, 0.25) is 11.8 Å². The van der Waals surface area contributed by atoms with Crippen molar-refractivity contribution in [3.63, 3.8) is 0 Å². The van der Waals surface area contributed by atoms with Crippen LogP contribution in [0.15, 0.2) is 24.3 Å². The van der Waals surface area contributed by atoms with Crippen molar-refractivity contribution in [2.45, 2.75) is 31.7 Å². The number of carbonyl (C=O) groups is 3. The van der Waals surface area contributed by atoms with Crippen LogP contribution in [0.25, 0.3) is 0 Å². The van der Waals surface area contributed by atoms with Crippen LogP contribution in [0.4, 0.5) is 0 Å². The zero-order valence-electron chi connectivity index (χ0n) is 11.5. The monoisotopic (exact) mass is 290 g/mol. The largest absolute Gasteiger partial charge is 0.480 e. The molecule has 0 spiro atoms. The summed E-state index contributed by atoms with van der Waals surface area (Å²) in [6.07, 6.45) is 1.17. The summed E-state index contributed by atoms with van der Waals surface area (Å²) in [6, 6.07) is 6.72. The molecule has 0 heterocycles. The molecule has 112 valence electrons. The minimum atomic E-state index is -1.15. The number of nitrogens with one attached hydrogen (secondary N) is 1. The summed E-state index contributed by atoms with van der Waals surface area (Å²) >= 11 is 0. The Morgan fingerprint density at radius 2 is 1.81 bits per heavy atom. The second kappa shape index (κ2) is 6.39. The van der Waals surface area contributed by atoms with Crippen molar-refractivity contribution >= 4 is 17.8 Å². The molecule has 1 aromatic rings. The van der Waals surface area contributed by atoms with Crippen LogP contribution in [0.1, 0.15) is 24.0 Å². The lowest BCUT2D eigenvalue weighted by Gasteiger charge is -2.16. The highest BCUT2D eigenvalue weighted by Crippen LogP contribution is 2.26. The van der Waals surface area contributed by atoms with Crippen LogP contribution >= 0.6 is 0 Å². The van der Waals surface area contributed by atoms with E-state index in [2.05, 4.69) is 5.32 Å². The number of carboxylic acids is 1. The predicted octanol–water partition coefficient (Wildman–Crippen LogP) is 0.236. The maximum absolute atomic E-state index is 12.2. The molecule has 1 aliphatic rings. The van der Waals surface area contributed by atoms with E-state index < -0.39 is 17.9 Å². The summed E-state index contributed by atoms with van der Waals surface area (Å²) < 4.78 is 0. The van der Waals surface area contributed by atoms with Crippen molar-refractivity contribution in [2.75, 3.05) is 0 Å². The zero-order valence-corrected chi connectivity index (χ0v) is 11.5. The van der Waals surface area contributed by atoms with Gasteiger partial charge in [0.05, 0.1) is 0 Å². The summed E-state index contributed by atoms with van der Waals surface area (Å²) in [5.41, 5.74) is 7.26. The van der Waals surface area contributed by atoms with Gasteiger partial charge in [-0.3, -0.25) is 9.59 Å². The van der Waals surface area contributed by atoms with Gasteiger partial charge in [0.25, 0.3) is 0 Å². The third-order valence-corrected chi connectivity index (χ3v) is 3.72. The molecule has 2 amide bonds. The van der Waals surface area contributed by atoms with Gasteiger partial charge in [-0.05, 0) is 30.4 Å². The Morgan fingerprint density at radius 3 is 2.29 bits per heavy atom. The van der Waals surface area contributed by atoms with Crippen LogP contribution in [0.3, 0.4) is 0 Å². The molecule has 21 heavy (non-hydrogen) atoms. The molecule has 1 aliphatic carbocycles. The first-order valence-electron chi connectivity index (χ1n) is 6.85. The lowest BCUT2D eigenvalue weighted by atomic mass is 10.0. The quantitative estimate of drug-likeness (QED) is 0.697. The van der Waals surface area contributed by atoms with Gasteiger partial charge in [-0.2, -0.15) is 0 Å². The van der Waals surface area contributed by atoms with E-state index in [0.29, 0.717) is 12.8 Å². The number of hydrogen-bond acceptors (Lipinski definition) is 3. The van der Waals surface area contributed by atoms with Crippen molar-refractivity contribution in [3.8, 4) is 0 Å². The first-order valence-corrected chi connectivity index (χ1v) is 6.85. The number of carbonyl (C=O) groups excluding carboxylic acids is 2. The van der Waals surface area contributed by atoms with Crippen molar-refractivity contribution in [2.24, 2.45) is 11.7 Å². The predicted molar refractivity (Wildman–Crippen MR) is 75.3 cm³/mol. The van der Waals surface area contributed by atoms with Gasteiger partial charge >= 0.3 is 5.97 Å². The van der Waals surface area contributed by atoms with Gasteiger partial charge in [-0.25, -0.2) is 4.79 Å². The summed E-state index contributed by atoms with van der Waals surface area (Å²) in [6.45, 7) is 0. The van der Waals surface area contributed by atoms with Gasteiger partial charge in [-0.1, -0.05) is 24.3 Å². The molecule has 4 N–H and O–H groups in total. The number of amides is 2. The van der Waals surface area contributed by atoms with E-state index in [0.717, 1.165) is 11.1 Å². The standard InChI is InChI=1S/C15H18N2O4/c16-13(18)6-5-12(15(20)21)17-14(19)11-7-9-3-1-2-4-10(9)8-11/h1-4,11-12H,5-8H2,(H2,16,18)(H,17,19)(H,20,21)/t12-/m0/s1. The first-order chi connectivity index (χ1) is 9.97. The van der Waals surface area contributed by atoms with Gasteiger partial charge in [0.15, 0.2) is 0 Å². The maximum Gasteiger partial charge on any atom is 0.326 e. The van der Waals surface area contributed by atoms with Crippen LogP contribution in [-0.2, 0) is 27.2 Å². The fraction of sp³-hybridized carbons (Fsp3) is 0.400. The third-order valence-electron chi connectivity index (χ3n) is 3.72. The molecule has 6 nitrogen and oxygen atoms in total. The van der Waals surface area contributed by atoms with E-state index >= 15 is 0 Å². The van der Waals surface area contributed by atoms with Gasteiger partial charge < -0.3 is 16.2 Å². The molecule has 0 radical (unpaired) electrons. The number of primary amides is 1. The normalized spacial score (nSPS) is 15.2. The van der Waals surface area contributed by atoms with Crippen LogP contribution < -0.4 is 11.1 Å². The molecule has 0 unspecified atom stereocenters. The van der Waals surface area contributed by atoms with E-state index in [1.54, 1.807) is 0 Å². The molecule has 1 atom stereocenters. The van der Waals surface area contributed by atoms with Crippen LogP contribution in [0.5, 0.6) is 0 Å². The topological polar surface area (TPSA) is 109 Å². The average Bonchev–Trinajstić information content (AvgIpc) is 2.86. The van der Waals surface area contributed by atoms with Crippen molar-refractivity contribution in [1.29, 1.82) is 0 Å². The number of benzene rings is 1. The van der Waals surface area contributed by atoms with E-state index in [1.165, 1.54) is 0 Å². The molecule has 0 saturated heterocycles. The summed E-state index contributed by atoms with van der Waals surface area (Å²) in [5, 5.41) is 11.6. The molecule has 0 fully saturated rings. The number of rotatable bonds is 6. The van der Waals surface area contributed by atoms with Crippen molar-refractivity contribution in [3.05, 3.63) is 35.4 Å². The second-order valence-electron chi connectivity index (χ2n) is 5.28. The number of aliphatic carboxylic acids is 1. The van der Waals surface area contributed by atoms with E-state index in [1.807, 2.05) is 24.3 Å². The number of hydrogen-bond donors (Lipinski definition) is 3. The molecule has 1 aromatic carbocycles. The average molecular weight is 290 g/mol. The fourth-order valence-corrected chi connectivity index (χ4v) is 2.58. The highest BCUT2D eigenvalue weighted by atomic mass is 16.4. The SMILES string of the molecule is NC(=O)CC[C@H](NC(=O)C1Cc2ccccc2C1)C(=O)O. The molecule has 0 aliphatic heterocycles. The Balaban J connectivity index is 1.94. The minimum absolute atomic E-state index is 0.01000. The maximum atomic E-state index is 12.2. The minimum Gasteiger partial charge on any atom is -0.480 e. The Hall–Kier alpha value is -2.37. The molecule has 0 saturated carbocycles. The van der Waals surface area contributed by atoms with Crippen LogP contribution in [0.2, 0.25) is 0 Å². The van der Waals surface area contributed by atoms with E-state index in [4.69, 9.17) is 10.8 Å². The zero-order chi connectivity index (χ0) is 15.4. The number of nitrogens with two attached hydrogens (primary N) is 1. The van der Waals surface area contributed by atoms with E-state index in [9.17, 15) is 14.4 Å². The molecule has 0 aromatic heterocycles. The number of carboxylic acid groups (broad SMARTS) is 1. The van der Waals surface area contributed by atoms with Crippen LogP contribution in [-0.4, -0.2) is 28.9 Å². The van der Waals surface area contributed by atoms with Gasteiger partial charge in [0, 0.05) is 12.3 Å². The molecule has 2 rings (SSSR count). The Labute approximate surface area is 122 Å². The Kier molecular flexibility index (Phi) is 4.57. The van der Waals surface area contributed by atoms with Crippen molar-refractivity contribution in [1.82, 2.24) is 5.32 Å². The Bertz CT molecular complexity index is 546. The van der Waals surface area contributed by atoms with Gasteiger partial charge in [-0.15, -0.1) is 0 Å². The number of fused-ring (bicyclic) bond motifs is 1. The Morgan fingerprint density at radius 1 is 1.24 bits per heavy atom. The molecule has 0 bridgehead atoms. The van der Waals surface area contributed by atoms with Crippen LogP contribution in [0, 0.1) is 5.92 Å². The highest BCUT2D eigenvalue weighted by molar-refractivity contribution is 5.86. The highest BCUT2D eigenvalue weighted by Gasteiger charge is 2.30. The molecule has 6 heteroatoms. The molecular formula is C15H18N2O4. The van der Waals surface area contributed by atoms with E-state index in [-0.39, 0.29) is 24.7 Å².